The summed E-state index contributed by atoms with van der Waals surface area (Å²) in [4.78, 5) is -0.264. The van der Waals surface area contributed by atoms with Crippen molar-refractivity contribution in [3.8, 4) is 22.3 Å². The zero-order valence-corrected chi connectivity index (χ0v) is 19.8. The zero-order valence-electron chi connectivity index (χ0n) is 16.9. The molecule has 0 bridgehead atoms. The van der Waals surface area contributed by atoms with E-state index < -0.39 is 10.1 Å². The Bertz CT molecular complexity index is 1280. The van der Waals surface area contributed by atoms with Crippen molar-refractivity contribution < 1.29 is 42.5 Å². The molecule has 5 nitrogen and oxygen atoms in total. The van der Waals surface area contributed by atoms with Crippen molar-refractivity contribution in [3.05, 3.63) is 97.1 Å². The number of benzene rings is 4. The first-order chi connectivity index (χ1) is 14.4. The van der Waals surface area contributed by atoms with E-state index in [9.17, 15) is 13.0 Å². The predicted octanol–water partition coefficient (Wildman–Crippen LogP) is 2.25. The molecule has 0 saturated heterocycles. The second kappa shape index (κ2) is 9.68. The Morgan fingerprint density at radius 2 is 1.29 bits per heavy atom. The molecule has 3 N–H and O–H groups in total. The van der Waals surface area contributed by atoms with Crippen LogP contribution in [0.5, 0.6) is 0 Å². The van der Waals surface area contributed by atoms with E-state index in [0.717, 1.165) is 5.69 Å². The van der Waals surface area contributed by atoms with Gasteiger partial charge in [0, 0.05) is 22.6 Å². The Morgan fingerprint density at radius 1 is 0.710 bits per heavy atom. The normalized spacial score (nSPS) is 10.9. The smallest absolute Gasteiger partial charge is 0.744 e. The van der Waals surface area contributed by atoms with E-state index in [2.05, 4.69) is 5.32 Å². The molecule has 0 radical (unpaired) electrons. The number of hydrogen-bond acceptors (Lipinski definition) is 5. The van der Waals surface area contributed by atoms with Crippen LogP contribution < -0.4 is 40.6 Å². The summed E-state index contributed by atoms with van der Waals surface area (Å²) in [6.07, 6.45) is 0. The summed E-state index contributed by atoms with van der Waals surface area (Å²) in [5.41, 5.74) is 9.53. The molecule has 0 aliphatic carbocycles. The molecule has 0 aromatic heterocycles. The van der Waals surface area contributed by atoms with Gasteiger partial charge in [0.2, 0.25) is 0 Å². The fourth-order valence-corrected chi connectivity index (χ4v) is 4.34. The molecule has 31 heavy (non-hydrogen) atoms. The van der Waals surface area contributed by atoms with Crippen molar-refractivity contribution >= 4 is 27.2 Å². The van der Waals surface area contributed by atoms with Crippen molar-refractivity contribution in [2.45, 2.75) is 4.90 Å². The minimum Gasteiger partial charge on any atom is -0.744 e. The van der Waals surface area contributed by atoms with Crippen molar-refractivity contribution in [1.82, 2.24) is 0 Å². The van der Waals surface area contributed by atoms with Gasteiger partial charge in [-0.1, -0.05) is 66.7 Å². The maximum absolute atomic E-state index is 12.5. The minimum absolute atomic E-state index is 0. The molecule has 0 atom stereocenters. The molecular weight excluding hydrogens is 419 g/mol. The molecule has 0 aliphatic rings. The molecule has 0 amide bonds. The van der Waals surface area contributed by atoms with Crippen molar-refractivity contribution in [3.63, 3.8) is 0 Å². The molecule has 0 aliphatic heterocycles. The van der Waals surface area contributed by atoms with E-state index in [1.54, 1.807) is 60.7 Å². The van der Waals surface area contributed by atoms with Gasteiger partial charge >= 0.3 is 29.6 Å². The third-order valence-electron chi connectivity index (χ3n) is 4.74. The number of hydrogen-bond donors (Lipinski definition) is 2. The van der Waals surface area contributed by atoms with Crippen LogP contribution in [-0.2, 0) is 10.1 Å². The SMILES string of the molecule is Nc1ccc(-c2ccc(Nc3ccccc3)c(-c3ccccc3)c2S(=O)(=O)[O-])cc1.[Na+]. The number of nitrogens with two attached hydrogens (primary N) is 1. The maximum atomic E-state index is 12.5. The van der Waals surface area contributed by atoms with Crippen LogP contribution in [0.2, 0.25) is 0 Å². The van der Waals surface area contributed by atoms with E-state index in [-0.39, 0.29) is 34.5 Å². The second-order valence-corrected chi connectivity index (χ2v) is 8.11. The fraction of sp³-hybridized carbons (Fsp3) is 0. The Morgan fingerprint density at radius 3 is 1.87 bits per heavy atom. The van der Waals surface area contributed by atoms with Gasteiger partial charge in [-0.2, -0.15) is 0 Å². The van der Waals surface area contributed by atoms with Gasteiger partial charge < -0.3 is 15.6 Å². The predicted molar refractivity (Wildman–Crippen MR) is 119 cm³/mol. The maximum Gasteiger partial charge on any atom is 1.00 e. The topological polar surface area (TPSA) is 95.2 Å². The summed E-state index contributed by atoms with van der Waals surface area (Å²) in [5.74, 6) is 0. The molecule has 0 fully saturated rings. The van der Waals surface area contributed by atoms with Crippen LogP contribution in [0.4, 0.5) is 17.1 Å². The molecular formula is C24H19N2NaO3S. The summed E-state index contributed by atoms with van der Waals surface area (Å²) in [6.45, 7) is 0. The Labute approximate surface area is 204 Å². The summed E-state index contributed by atoms with van der Waals surface area (Å²) in [7, 11) is -4.81. The number of para-hydroxylation sites is 1. The molecule has 0 saturated carbocycles. The first-order valence-electron chi connectivity index (χ1n) is 9.30. The molecule has 150 valence electrons. The minimum atomic E-state index is -4.81. The number of anilines is 3. The summed E-state index contributed by atoms with van der Waals surface area (Å²) < 4.78 is 37.5. The Kier molecular flexibility index (Phi) is 7.20. The van der Waals surface area contributed by atoms with Crippen LogP contribution in [0.3, 0.4) is 0 Å². The zero-order chi connectivity index (χ0) is 21.1. The van der Waals surface area contributed by atoms with Crippen LogP contribution in [0.15, 0.2) is 102 Å². The first-order valence-corrected chi connectivity index (χ1v) is 10.7. The van der Waals surface area contributed by atoms with Crippen LogP contribution in [0, 0.1) is 0 Å². The molecule has 0 heterocycles. The monoisotopic (exact) mass is 438 g/mol. The van der Waals surface area contributed by atoms with E-state index in [4.69, 9.17) is 5.73 Å². The molecule has 4 aromatic rings. The van der Waals surface area contributed by atoms with Gasteiger partial charge in [-0.15, -0.1) is 0 Å². The second-order valence-electron chi connectivity index (χ2n) is 6.80. The van der Waals surface area contributed by atoms with Crippen LogP contribution in [0.1, 0.15) is 0 Å². The Hall–Kier alpha value is -2.61. The average Bonchev–Trinajstić information content (AvgIpc) is 2.75. The fourth-order valence-electron chi connectivity index (χ4n) is 3.40. The third kappa shape index (κ3) is 5.18. The van der Waals surface area contributed by atoms with Crippen LogP contribution in [0.25, 0.3) is 22.3 Å². The summed E-state index contributed by atoms with van der Waals surface area (Å²) in [5, 5.41) is 3.25. The summed E-state index contributed by atoms with van der Waals surface area (Å²) >= 11 is 0. The quantitative estimate of drug-likeness (QED) is 0.283. The standard InChI is InChI=1S/C24H20N2O3S.Na/c25-19-13-11-17(12-14-19)21-15-16-22(26-20-9-5-2-6-10-20)23(24(21)30(27,28)29)18-7-3-1-4-8-18;/h1-16,26H,25H2,(H,27,28,29);/q;+1/p-1. The van der Waals surface area contributed by atoms with E-state index in [0.29, 0.717) is 33.6 Å². The van der Waals surface area contributed by atoms with Crippen LogP contribution in [-0.4, -0.2) is 13.0 Å². The van der Waals surface area contributed by atoms with E-state index in [1.807, 2.05) is 36.4 Å². The van der Waals surface area contributed by atoms with Gasteiger partial charge in [-0.05, 0) is 47.0 Å². The van der Waals surface area contributed by atoms with Crippen molar-refractivity contribution in [2.75, 3.05) is 11.1 Å². The molecule has 7 heteroatoms. The molecule has 4 rings (SSSR count). The Balaban J connectivity index is 0.00000272. The van der Waals surface area contributed by atoms with Gasteiger partial charge in [0.1, 0.15) is 10.1 Å². The van der Waals surface area contributed by atoms with Gasteiger partial charge in [0.25, 0.3) is 0 Å². The average molecular weight is 438 g/mol. The molecule has 0 unspecified atom stereocenters. The molecule has 0 spiro atoms. The van der Waals surface area contributed by atoms with Gasteiger partial charge in [0.05, 0.1) is 4.90 Å². The third-order valence-corrected chi connectivity index (χ3v) is 5.67. The molecule has 4 aromatic carbocycles. The van der Waals surface area contributed by atoms with Crippen molar-refractivity contribution in [2.24, 2.45) is 0 Å². The number of nitrogens with one attached hydrogen (secondary N) is 1. The van der Waals surface area contributed by atoms with Gasteiger partial charge in [-0.3, -0.25) is 0 Å². The van der Waals surface area contributed by atoms with Gasteiger partial charge in [-0.25, -0.2) is 8.42 Å². The van der Waals surface area contributed by atoms with Crippen molar-refractivity contribution in [1.29, 1.82) is 0 Å². The summed E-state index contributed by atoms with van der Waals surface area (Å²) in [6, 6.07) is 28.6. The number of rotatable bonds is 5. The van der Waals surface area contributed by atoms with Gasteiger partial charge in [0.15, 0.2) is 0 Å². The van der Waals surface area contributed by atoms with E-state index in [1.165, 1.54) is 0 Å². The van der Waals surface area contributed by atoms with Crippen LogP contribution >= 0.6 is 0 Å². The largest absolute Gasteiger partial charge is 1.00 e. The van der Waals surface area contributed by atoms with E-state index >= 15 is 0 Å². The number of nitrogen functional groups attached to an aromatic ring is 1. The first kappa shape index (κ1) is 23.1.